The van der Waals surface area contributed by atoms with Crippen LogP contribution in [0.1, 0.15) is 64.5 Å². The normalized spacial score (nSPS) is 14.1. The summed E-state index contributed by atoms with van der Waals surface area (Å²) in [4.78, 5) is 12.2. The molecule has 0 aliphatic carbocycles. The van der Waals surface area contributed by atoms with Gasteiger partial charge < -0.3 is 5.32 Å². The molecular formula is C18H29NO. The molecule has 0 aliphatic rings. The van der Waals surface area contributed by atoms with E-state index in [9.17, 15) is 4.79 Å². The molecule has 1 N–H and O–H groups in total. The lowest BCUT2D eigenvalue weighted by molar-refractivity contribution is -0.122. The first kappa shape index (κ1) is 16.7. The second kappa shape index (κ2) is 8.08. The summed E-state index contributed by atoms with van der Waals surface area (Å²) in [5, 5.41) is 3.09. The van der Waals surface area contributed by atoms with Gasteiger partial charge in [-0.1, -0.05) is 51.5 Å². The molecule has 2 atom stereocenters. The quantitative estimate of drug-likeness (QED) is 0.790. The Morgan fingerprint density at radius 3 is 2.20 bits per heavy atom. The summed E-state index contributed by atoms with van der Waals surface area (Å²) < 4.78 is 0. The third-order valence-corrected chi connectivity index (χ3v) is 3.63. The van der Waals surface area contributed by atoms with Crippen molar-refractivity contribution < 1.29 is 4.79 Å². The van der Waals surface area contributed by atoms with Crippen LogP contribution in [0.25, 0.3) is 0 Å². The zero-order chi connectivity index (χ0) is 15.1. The van der Waals surface area contributed by atoms with Gasteiger partial charge in [-0.15, -0.1) is 0 Å². The Kier molecular flexibility index (Phi) is 6.77. The number of rotatable bonds is 7. The Labute approximate surface area is 124 Å². The highest BCUT2D eigenvalue weighted by Gasteiger charge is 2.16. The van der Waals surface area contributed by atoms with Crippen LogP contribution in [0.3, 0.4) is 0 Å². The largest absolute Gasteiger partial charge is 0.353 e. The first-order valence-corrected chi connectivity index (χ1v) is 7.83. The van der Waals surface area contributed by atoms with Crippen molar-refractivity contribution in [3.8, 4) is 0 Å². The van der Waals surface area contributed by atoms with Gasteiger partial charge in [-0.3, -0.25) is 4.79 Å². The van der Waals surface area contributed by atoms with Crippen molar-refractivity contribution in [3.05, 3.63) is 35.4 Å². The van der Waals surface area contributed by atoms with Gasteiger partial charge in [-0.05, 0) is 43.7 Å². The molecule has 112 valence electrons. The van der Waals surface area contributed by atoms with Crippen molar-refractivity contribution in [2.75, 3.05) is 0 Å². The van der Waals surface area contributed by atoms with Crippen LogP contribution in [0.15, 0.2) is 24.3 Å². The first-order chi connectivity index (χ1) is 9.43. The number of nitrogens with one attached hydrogen (secondary N) is 1. The molecule has 0 heterocycles. The van der Waals surface area contributed by atoms with Gasteiger partial charge in [0.05, 0.1) is 5.92 Å². The van der Waals surface area contributed by atoms with E-state index in [-0.39, 0.29) is 17.9 Å². The number of amides is 1. The zero-order valence-electron chi connectivity index (χ0n) is 13.6. The van der Waals surface area contributed by atoms with Gasteiger partial charge in [0.1, 0.15) is 0 Å². The Morgan fingerprint density at radius 1 is 1.10 bits per heavy atom. The van der Waals surface area contributed by atoms with E-state index in [1.165, 1.54) is 5.56 Å². The first-order valence-electron chi connectivity index (χ1n) is 7.83. The molecular weight excluding hydrogens is 246 g/mol. The zero-order valence-corrected chi connectivity index (χ0v) is 13.6. The summed E-state index contributed by atoms with van der Waals surface area (Å²) in [5.74, 6) is 0.710. The fourth-order valence-corrected chi connectivity index (χ4v) is 2.44. The van der Waals surface area contributed by atoms with Crippen LogP contribution >= 0.6 is 0 Å². The van der Waals surface area contributed by atoms with E-state index in [4.69, 9.17) is 0 Å². The highest BCUT2D eigenvalue weighted by Crippen LogP contribution is 2.18. The lowest BCUT2D eigenvalue weighted by Gasteiger charge is -2.17. The van der Waals surface area contributed by atoms with E-state index >= 15 is 0 Å². The lowest BCUT2D eigenvalue weighted by Crippen LogP contribution is -2.35. The maximum Gasteiger partial charge on any atom is 0.227 e. The number of hydrogen-bond donors (Lipinski definition) is 1. The maximum atomic E-state index is 12.2. The van der Waals surface area contributed by atoms with Crippen molar-refractivity contribution in [1.29, 1.82) is 0 Å². The molecule has 0 saturated heterocycles. The smallest absolute Gasteiger partial charge is 0.227 e. The van der Waals surface area contributed by atoms with Crippen molar-refractivity contribution in [1.82, 2.24) is 5.32 Å². The molecule has 0 aliphatic heterocycles. The topological polar surface area (TPSA) is 29.1 Å². The summed E-state index contributed by atoms with van der Waals surface area (Å²) in [7, 11) is 0. The molecule has 1 aromatic rings. The Morgan fingerprint density at radius 2 is 1.70 bits per heavy atom. The van der Waals surface area contributed by atoms with Gasteiger partial charge in [0.25, 0.3) is 0 Å². The summed E-state index contributed by atoms with van der Waals surface area (Å²) in [6, 6.07) is 8.73. The van der Waals surface area contributed by atoms with Crippen LogP contribution in [0.2, 0.25) is 0 Å². The molecule has 1 rings (SSSR count). The van der Waals surface area contributed by atoms with Crippen molar-refractivity contribution in [3.63, 3.8) is 0 Å². The predicted molar refractivity (Wildman–Crippen MR) is 85.9 cm³/mol. The molecule has 0 radical (unpaired) electrons. The lowest BCUT2D eigenvalue weighted by atomic mass is 9.96. The average Bonchev–Trinajstić information content (AvgIpc) is 2.38. The van der Waals surface area contributed by atoms with E-state index in [1.807, 2.05) is 6.92 Å². The molecule has 0 aromatic heterocycles. The molecule has 0 spiro atoms. The minimum atomic E-state index is -0.0811. The minimum absolute atomic E-state index is 0.0811. The Balaban J connectivity index is 2.62. The predicted octanol–water partition coefficient (Wildman–Crippen LogP) is 4.29. The molecule has 0 fully saturated rings. The molecule has 1 amide bonds. The van der Waals surface area contributed by atoms with E-state index < -0.39 is 0 Å². The molecule has 2 nitrogen and oxygen atoms in total. The van der Waals surface area contributed by atoms with E-state index in [1.54, 1.807) is 0 Å². The second-order valence-electron chi connectivity index (χ2n) is 6.26. The van der Waals surface area contributed by atoms with Gasteiger partial charge in [0, 0.05) is 6.04 Å². The van der Waals surface area contributed by atoms with Gasteiger partial charge in [-0.2, -0.15) is 0 Å². The van der Waals surface area contributed by atoms with E-state index in [0.29, 0.717) is 5.92 Å². The molecule has 2 heteroatoms. The maximum absolute atomic E-state index is 12.2. The number of hydrogen-bond acceptors (Lipinski definition) is 1. The number of carbonyl (C=O) groups is 1. The molecule has 20 heavy (non-hydrogen) atoms. The standard InChI is InChI=1S/C18H29NO/c1-6-7-14(4)19-18(20)15(5)17-10-8-16(9-11-17)12-13(2)3/h8-11,13-15H,6-7,12H2,1-5H3,(H,19,20)/t14-,15+/m0/s1. The van der Waals surface area contributed by atoms with Gasteiger partial charge in [0.2, 0.25) is 5.91 Å². The monoisotopic (exact) mass is 275 g/mol. The van der Waals surface area contributed by atoms with Crippen LogP contribution in [-0.4, -0.2) is 11.9 Å². The highest BCUT2D eigenvalue weighted by molar-refractivity contribution is 5.83. The summed E-state index contributed by atoms with van der Waals surface area (Å²) in [6.45, 7) is 10.6. The van der Waals surface area contributed by atoms with Crippen molar-refractivity contribution in [2.45, 2.75) is 65.8 Å². The average molecular weight is 275 g/mol. The Hall–Kier alpha value is -1.31. The van der Waals surface area contributed by atoms with Crippen LogP contribution in [0.5, 0.6) is 0 Å². The summed E-state index contributed by atoms with van der Waals surface area (Å²) in [6.07, 6.45) is 3.22. The minimum Gasteiger partial charge on any atom is -0.353 e. The van der Waals surface area contributed by atoms with Gasteiger partial charge in [0.15, 0.2) is 0 Å². The fourth-order valence-electron chi connectivity index (χ4n) is 2.44. The van der Waals surface area contributed by atoms with Crippen molar-refractivity contribution in [2.24, 2.45) is 5.92 Å². The van der Waals surface area contributed by atoms with E-state index in [0.717, 1.165) is 24.8 Å². The highest BCUT2D eigenvalue weighted by atomic mass is 16.1. The Bertz CT molecular complexity index is 408. The summed E-state index contributed by atoms with van der Waals surface area (Å²) >= 11 is 0. The SMILES string of the molecule is CCC[C@H](C)NC(=O)[C@H](C)c1ccc(CC(C)C)cc1. The molecule has 0 saturated carbocycles. The fraction of sp³-hybridized carbons (Fsp3) is 0.611. The van der Waals surface area contributed by atoms with Crippen LogP contribution < -0.4 is 5.32 Å². The van der Waals surface area contributed by atoms with E-state index in [2.05, 4.69) is 57.3 Å². The van der Waals surface area contributed by atoms with Crippen LogP contribution in [-0.2, 0) is 11.2 Å². The molecule has 1 aromatic carbocycles. The van der Waals surface area contributed by atoms with Gasteiger partial charge in [-0.25, -0.2) is 0 Å². The molecule has 0 unspecified atom stereocenters. The van der Waals surface area contributed by atoms with Crippen LogP contribution in [0, 0.1) is 5.92 Å². The molecule has 0 bridgehead atoms. The third kappa shape index (κ3) is 5.36. The summed E-state index contributed by atoms with van der Waals surface area (Å²) in [5.41, 5.74) is 2.44. The number of benzene rings is 1. The van der Waals surface area contributed by atoms with Crippen molar-refractivity contribution >= 4 is 5.91 Å². The second-order valence-corrected chi connectivity index (χ2v) is 6.26. The van der Waals surface area contributed by atoms with Gasteiger partial charge >= 0.3 is 0 Å². The third-order valence-electron chi connectivity index (χ3n) is 3.63. The number of carbonyl (C=O) groups excluding carboxylic acids is 1. The van der Waals surface area contributed by atoms with Crippen LogP contribution in [0.4, 0.5) is 0 Å².